The van der Waals surface area contributed by atoms with Crippen molar-refractivity contribution in [3.8, 4) is 0 Å². The Morgan fingerprint density at radius 3 is 2.12 bits per heavy atom. The normalized spacial score (nSPS) is 35.0. The molecule has 0 bridgehead atoms. The zero-order valence-corrected chi connectivity index (χ0v) is 11.2. The zero-order chi connectivity index (χ0) is 12.7. The van der Waals surface area contributed by atoms with Crippen LogP contribution in [0, 0.1) is 5.41 Å². The Morgan fingerprint density at radius 2 is 1.71 bits per heavy atom. The first-order valence-electron chi connectivity index (χ1n) is 6.53. The highest BCUT2D eigenvalue weighted by molar-refractivity contribution is 5.79. The number of hydrogen-bond donors (Lipinski definition) is 1. The molecule has 1 unspecified atom stereocenters. The van der Waals surface area contributed by atoms with Gasteiger partial charge in [0.05, 0.1) is 0 Å². The van der Waals surface area contributed by atoms with Crippen LogP contribution in [0.4, 0.5) is 0 Å². The van der Waals surface area contributed by atoms with Gasteiger partial charge in [-0.2, -0.15) is 0 Å². The summed E-state index contributed by atoms with van der Waals surface area (Å²) in [6.45, 7) is 8.12. The van der Waals surface area contributed by atoms with E-state index in [4.69, 9.17) is 0 Å². The molecule has 4 heteroatoms. The van der Waals surface area contributed by atoms with Gasteiger partial charge in [0.1, 0.15) is 5.54 Å². The van der Waals surface area contributed by atoms with Crippen LogP contribution in [0.5, 0.6) is 0 Å². The van der Waals surface area contributed by atoms with E-state index in [2.05, 4.69) is 30.7 Å². The van der Waals surface area contributed by atoms with E-state index in [-0.39, 0.29) is 5.41 Å². The number of likely N-dealkylation sites (N-methyl/N-ethyl adjacent to an activating group) is 1. The van der Waals surface area contributed by atoms with Crippen LogP contribution >= 0.6 is 0 Å². The lowest BCUT2D eigenvalue weighted by Gasteiger charge is -2.43. The van der Waals surface area contributed by atoms with E-state index < -0.39 is 11.5 Å². The number of aliphatic carboxylic acids is 1. The Morgan fingerprint density at radius 1 is 1.12 bits per heavy atom. The van der Waals surface area contributed by atoms with Gasteiger partial charge >= 0.3 is 5.97 Å². The van der Waals surface area contributed by atoms with E-state index in [9.17, 15) is 9.90 Å². The highest BCUT2D eigenvalue weighted by Crippen LogP contribution is 2.47. The number of carboxylic acids is 1. The molecular weight excluding hydrogens is 216 g/mol. The van der Waals surface area contributed by atoms with Crippen molar-refractivity contribution in [3.05, 3.63) is 0 Å². The first kappa shape index (κ1) is 12.8. The first-order valence-corrected chi connectivity index (χ1v) is 6.53. The monoisotopic (exact) mass is 240 g/mol. The van der Waals surface area contributed by atoms with Crippen molar-refractivity contribution in [3.63, 3.8) is 0 Å². The van der Waals surface area contributed by atoms with Crippen LogP contribution in [0.2, 0.25) is 0 Å². The Balaban J connectivity index is 2.16. The molecule has 98 valence electrons. The van der Waals surface area contributed by atoms with Crippen molar-refractivity contribution in [1.29, 1.82) is 0 Å². The molecular formula is C13H24N2O2. The summed E-state index contributed by atoms with van der Waals surface area (Å²) in [5.74, 6) is -0.618. The molecule has 2 aliphatic rings. The molecule has 2 rings (SSSR count). The van der Waals surface area contributed by atoms with Crippen LogP contribution in [0.3, 0.4) is 0 Å². The maximum atomic E-state index is 11.7. The van der Waals surface area contributed by atoms with Crippen molar-refractivity contribution >= 4 is 5.97 Å². The SMILES string of the molecule is CN1CCN(C2(C(=O)O)CCC(C)(C)C2)CC1. The Hall–Kier alpha value is -0.610. The van der Waals surface area contributed by atoms with Gasteiger partial charge in [0.25, 0.3) is 0 Å². The number of carboxylic acid groups (broad SMARTS) is 1. The van der Waals surface area contributed by atoms with Crippen molar-refractivity contribution < 1.29 is 9.90 Å². The van der Waals surface area contributed by atoms with E-state index in [0.29, 0.717) is 0 Å². The largest absolute Gasteiger partial charge is 0.480 e. The zero-order valence-electron chi connectivity index (χ0n) is 11.2. The molecule has 2 fully saturated rings. The molecule has 1 atom stereocenters. The summed E-state index contributed by atoms with van der Waals surface area (Å²) in [4.78, 5) is 16.2. The predicted octanol–water partition coefficient (Wildman–Crippen LogP) is 1.27. The number of piperazine rings is 1. The highest BCUT2D eigenvalue weighted by Gasteiger charge is 2.52. The van der Waals surface area contributed by atoms with Crippen LogP contribution in [0.1, 0.15) is 33.1 Å². The van der Waals surface area contributed by atoms with Gasteiger partial charge < -0.3 is 10.0 Å². The molecule has 17 heavy (non-hydrogen) atoms. The molecule has 1 saturated heterocycles. The fourth-order valence-electron chi connectivity index (χ4n) is 3.34. The van der Waals surface area contributed by atoms with Crippen molar-refractivity contribution in [2.24, 2.45) is 5.41 Å². The minimum Gasteiger partial charge on any atom is -0.480 e. The molecule has 1 N–H and O–H groups in total. The van der Waals surface area contributed by atoms with Crippen molar-refractivity contribution in [2.45, 2.75) is 38.6 Å². The van der Waals surface area contributed by atoms with Gasteiger partial charge in [-0.3, -0.25) is 9.69 Å². The molecule has 1 aliphatic heterocycles. The average Bonchev–Trinajstić information content (AvgIpc) is 2.57. The lowest BCUT2D eigenvalue weighted by molar-refractivity contribution is -0.153. The minimum atomic E-state index is -0.618. The molecule has 0 radical (unpaired) electrons. The first-order chi connectivity index (χ1) is 7.86. The Labute approximate surface area is 104 Å². The number of hydrogen-bond acceptors (Lipinski definition) is 3. The van der Waals surface area contributed by atoms with E-state index in [1.54, 1.807) is 0 Å². The fraction of sp³-hybridized carbons (Fsp3) is 0.923. The van der Waals surface area contributed by atoms with Gasteiger partial charge in [0.15, 0.2) is 0 Å². The second kappa shape index (κ2) is 4.25. The maximum absolute atomic E-state index is 11.7. The third-order valence-electron chi connectivity index (χ3n) is 4.49. The summed E-state index contributed by atoms with van der Waals surface area (Å²) in [6.07, 6.45) is 2.61. The Bertz CT molecular complexity index is 309. The van der Waals surface area contributed by atoms with Gasteiger partial charge in [-0.1, -0.05) is 13.8 Å². The fourth-order valence-corrected chi connectivity index (χ4v) is 3.34. The van der Waals surface area contributed by atoms with E-state index in [0.717, 1.165) is 45.4 Å². The quantitative estimate of drug-likeness (QED) is 0.789. The van der Waals surface area contributed by atoms with Gasteiger partial charge in [-0.25, -0.2) is 0 Å². The van der Waals surface area contributed by atoms with Gasteiger partial charge in [-0.05, 0) is 31.7 Å². The van der Waals surface area contributed by atoms with Crippen LogP contribution < -0.4 is 0 Å². The molecule has 1 saturated carbocycles. The van der Waals surface area contributed by atoms with Crippen LogP contribution in [-0.2, 0) is 4.79 Å². The summed E-state index contributed by atoms with van der Waals surface area (Å²) in [5, 5.41) is 9.66. The molecule has 1 heterocycles. The van der Waals surface area contributed by atoms with Gasteiger partial charge in [0.2, 0.25) is 0 Å². The maximum Gasteiger partial charge on any atom is 0.324 e. The van der Waals surface area contributed by atoms with Gasteiger partial charge in [0, 0.05) is 26.2 Å². The molecule has 0 amide bonds. The smallest absolute Gasteiger partial charge is 0.324 e. The number of nitrogens with zero attached hydrogens (tertiary/aromatic N) is 2. The lowest BCUT2D eigenvalue weighted by atomic mass is 9.86. The minimum absolute atomic E-state index is 0.168. The van der Waals surface area contributed by atoms with Crippen LogP contribution in [-0.4, -0.2) is 59.6 Å². The summed E-state index contributed by atoms with van der Waals surface area (Å²) >= 11 is 0. The summed E-state index contributed by atoms with van der Waals surface area (Å²) in [5.41, 5.74) is -0.424. The average molecular weight is 240 g/mol. The number of rotatable bonds is 2. The Kier molecular flexibility index (Phi) is 3.21. The van der Waals surface area contributed by atoms with Crippen molar-refractivity contribution in [2.75, 3.05) is 33.2 Å². The third-order valence-corrected chi connectivity index (χ3v) is 4.49. The molecule has 0 spiro atoms. The molecule has 0 aromatic rings. The van der Waals surface area contributed by atoms with E-state index in [1.165, 1.54) is 0 Å². The summed E-state index contributed by atoms with van der Waals surface area (Å²) in [6, 6.07) is 0. The second-order valence-corrected chi connectivity index (χ2v) is 6.47. The predicted molar refractivity (Wildman–Crippen MR) is 67.1 cm³/mol. The van der Waals surface area contributed by atoms with Crippen LogP contribution in [0.25, 0.3) is 0 Å². The highest BCUT2D eigenvalue weighted by atomic mass is 16.4. The molecule has 1 aliphatic carbocycles. The van der Waals surface area contributed by atoms with E-state index >= 15 is 0 Å². The molecule has 0 aromatic carbocycles. The third kappa shape index (κ3) is 2.33. The van der Waals surface area contributed by atoms with E-state index in [1.807, 2.05) is 0 Å². The lowest BCUT2D eigenvalue weighted by Crippen LogP contribution is -2.59. The topological polar surface area (TPSA) is 43.8 Å². The summed E-state index contributed by atoms with van der Waals surface area (Å²) < 4.78 is 0. The van der Waals surface area contributed by atoms with Crippen LogP contribution in [0.15, 0.2) is 0 Å². The van der Waals surface area contributed by atoms with Gasteiger partial charge in [-0.15, -0.1) is 0 Å². The molecule has 4 nitrogen and oxygen atoms in total. The number of carbonyl (C=O) groups is 1. The summed E-state index contributed by atoms with van der Waals surface area (Å²) in [7, 11) is 2.10. The molecule has 0 aromatic heterocycles. The second-order valence-electron chi connectivity index (χ2n) is 6.47. The standard InChI is InChI=1S/C13H24N2O2/c1-12(2)4-5-13(10-12,11(16)17)15-8-6-14(3)7-9-15/h4-10H2,1-3H3,(H,16,17). The van der Waals surface area contributed by atoms with Crippen molar-refractivity contribution in [1.82, 2.24) is 9.80 Å².